The topological polar surface area (TPSA) is 15.3 Å². The summed E-state index contributed by atoms with van der Waals surface area (Å²) in [6, 6.07) is 17.2. The summed E-state index contributed by atoms with van der Waals surface area (Å²) in [5.74, 6) is 0. The first-order valence-electron chi connectivity index (χ1n) is 8.48. The second-order valence-electron chi connectivity index (χ2n) is 5.67. The van der Waals surface area contributed by atoms with Crippen LogP contribution in [0.4, 0.5) is 11.4 Å². The van der Waals surface area contributed by atoms with Gasteiger partial charge in [0.1, 0.15) is 0 Å². The van der Waals surface area contributed by atoms with E-state index in [2.05, 4.69) is 85.6 Å². The molecule has 0 saturated heterocycles. The first-order chi connectivity index (χ1) is 11.7. The Morgan fingerprint density at radius 2 is 1.88 bits per heavy atom. The average molecular weight is 357 g/mol. The van der Waals surface area contributed by atoms with E-state index in [-0.39, 0.29) is 0 Å². The molecular weight excluding hydrogens is 332 g/mol. The summed E-state index contributed by atoms with van der Waals surface area (Å²) in [4.78, 5) is 5.08. The van der Waals surface area contributed by atoms with Gasteiger partial charge in [-0.15, -0.1) is 11.8 Å². The van der Waals surface area contributed by atoms with E-state index in [0.717, 1.165) is 13.1 Å². The molecule has 1 atom stereocenters. The van der Waals surface area contributed by atoms with E-state index in [1.54, 1.807) is 0 Å². The van der Waals surface area contributed by atoms with Gasteiger partial charge in [-0.3, -0.25) is 0 Å². The third-order valence-corrected chi connectivity index (χ3v) is 6.15. The molecule has 1 aliphatic heterocycles. The van der Waals surface area contributed by atoms with Crippen LogP contribution in [-0.4, -0.2) is 18.3 Å². The van der Waals surface area contributed by atoms with Crippen LogP contribution in [-0.2, 0) is 0 Å². The van der Waals surface area contributed by atoms with Crippen molar-refractivity contribution >= 4 is 34.9 Å². The molecule has 24 heavy (non-hydrogen) atoms. The van der Waals surface area contributed by atoms with Crippen molar-refractivity contribution in [1.29, 1.82) is 0 Å². The number of fused-ring (bicyclic) bond motifs is 1. The van der Waals surface area contributed by atoms with Crippen molar-refractivity contribution in [1.82, 2.24) is 0 Å². The van der Waals surface area contributed by atoms with Crippen molar-refractivity contribution in [2.45, 2.75) is 35.8 Å². The number of hydrogen-bond donors (Lipinski definition) is 1. The van der Waals surface area contributed by atoms with Crippen molar-refractivity contribution < 1.29 is 0 Å². The molecule has 0 spiro atoms. The zero-order valence-electron chi connectivity index (χ0n) is 14.5. The van der Waals surface area contributed by atoms with E-state index in [1.165, 1.54) is 26.2 Å². The molecule has 3 rings (SSSR count). The molecule has 0 aromatic heterocycles. The molecule has 2 aromatic rings. The van der Waals surface area contributed by atoms with Gasteiger partial charge in [-0.25, -0.2) is 0 Å². The number of nitrogens with one attached hydrogen (secondary N) is 1. The first-order valence-corrected chi connectivity index (χ1v) is 10.2. The average Bonchev–Trinajstić information content (AvgIpc) is 2.93. The Hall–Kier alpha value is -1.52. The second kappa shape index (κ2) is 8.04. The van der Waals surface area contributed by atoms with Crippen LogP contribution in [0.1, 0.15) is 20.8 Å². The highest BCUT2D eigenvalue weighted by atomic mass is 32.2. The van der Waals surface area contributed by atoms with Crippen molar-refractivity contribution in [3.63, 3.8) is 0 Å². The summed E-state index contributed by atoms with van der Waals surface area (Å²) in [7, 11) is 0. The van der Waals surface area contributed by atoms with E-state index < -0.39 is 0 Å². The minimum atomic E-state index is 0.413. The molecule has 0 saturated carbocycles. The van der Waals surface area contributed by atoms with Crippen molar-refractivity contribution in [2.24, 2.45) is 0 Å². The molecule has 0 radical (unpaired) electrons. The standard InChI is InChI=1S/C20H24N2S2/c1-4-21-16-10-6-8-12-18(16)23-15(3)14-20-22(5-2)17-11-7-9-13-19(17)24-20/h6-15,21H,4-5H2,1-3H3. The number of hydrogen-bond acceptors (Lipinski definition) is 4. The molecule has 0 aliphatic carbocycles. The lowest BCUT2D eigenvalue weighted by Gasteiger charge is -2.19. The molecule has 0 amide bonds. The predicted octanol–water partition coefficient (Wildman–Crippen LogP) is 6.07. The Morgan fingerprint density at radius 3 is 2.67 bits per heavy atom. The summed E-state index contributed by atoms with van der Waals surface area (Å²) in [6.45, 7) is 8.58. The van der Waals surface area contributed by atoms with Crippen LogP contribution >= 0.6 is 23.5 Å². The molecule has 0 bridgehead atoms. The zero-order valence-corrected chi connectivity index (χ0v) is 16.1. The van der Waals surface area contributed by atoms with Crippen LogP contribution in [0.15, 0.2) is 69.4 Å². The summed E-state index contributed by atoms with van der Waals surface area (Å²) in [6.07, 6.45) is 2.39. The lowest BCUT2D eigenvalue weighted by molar-refractivity contribution is 0.993. The maximum atomic E-state index is 3.45. The maximum Gasteiger partial charge on any atom is 0.0771 e. The molecule has 1 unspecified atom stereocenters. The normalized spacial score (nSPS) is 16.3. The molecule has 1 aliphatic rings. The Labute approximate surface area is 153 Å². The lowest BCUT2D eigenvalue weighted by Crippen LogP contribution is -2.17. The number of anilines is 2. The largest absolute Gasteiger partial charge is 0.384 e. The molecular formula is C20H24N2S2. The second-order valence-corrected chi connectivity index (χ2v) is 8.15. The van der Waals surface area contributed by atoms with Gasteiger partial charge in [0, 0.05) is 33.8 Å². The fraction of sp³-hybridized carbons (Fsp3) is 0.300. The van der Waals surface area contributed by atoms with E-state index in [4.69, 9.17) is 0 Å². The van der Waals surface area contributed by atoms with Gasteiger partial charge >= 0.3 is 0 Å². The van der Waals surface area contributed by atoms with Crippen molar-refractivity contribution in [3.8, 4) is 0 Å². The highest BCUT2D eigenvalue weighted by molar-refractivity contribution is 8.04. The van der Waals surface area contributed by atoms with Gasteiger partial charge in [0.2, 0.25) is 0 Å². The van der Waals surface area contributed by atoms with Gasteiger partial charge < -0.3 is 10.2 Å². The minimum absolute atomic E-state index is 0.413. The lowest BCUT2D eigenvalue weighted by atomic mass is 10.3. The maximum absolute atomic E-state index is 3.45. The molecule has 2 nitrogen and oxygen atoms in total. The minimum Gasteiger partial charge on any atom is -0.384 e. The highest BCUT2D eigenvalue weighted by Crippen LogP contribution is 2.46. The van der Waals surface area contributed by atoms with E-state index in [0.29, 0.717) is 5.25 Å². The summed E-state index contributed by atoms with van der Waals surface area (Å²) in [5, 5.41) is 5.21. The molecule has 1 N–H and O–H groups in total. The van der Waals surface area contributed by atoms with Crippen molar-refractivity contribution in [3.05, 3.63) is 59.6 Å². The Bertz CT molecular complexity index is 727. The molecule has 4 heteroatoms. The van der Waals surface area contributed by atoms with E-state index in [9.17, 15) is 0 Å². The van der Waals surface area contributed by atoms with E-state index >= 15 is 0 Å². The summed E-state index contributed by atoms with van der Waals surface area (Å²) >= 11 is 3.79. The van der Waals surface area contributed by atoms with Gasteiger partial charge in [-0.2, -0.15) is 0 Å². The molecule has 126 valence electrons. The van der Waals surface area contributed by atoms with Gasteiger partial charge in [0.25, 0.3) is 0 Å². The first kappa shape index (κ1) is 17.3. The van der Waals surface area contributed by atoms with Crippen LogP contribution < -0.4 is 10.2 Å². The smallest absolute Gasteiger partial charge is 0.0771 e. The Morgan fingerprint density at radius 1 is 1.12 bits per heavy atom. The fourth-order valence-electron chi connectivity index (χ4n) is 2.84. The fourth-order valence-corrected chi connectivity index (χ4v) is 5.22. The predicted molar refractivity (Wildman–Crippen MR) is 109 cm³/mol. The summed E-state index contributed by atoms with van der Waals surface area (Å²) in [5.41, 5.74) is 2.56. The molecule has 1 heterocycles. The Kier molecular flexibility index (Phi) is 5.80. The van der Waals surface area contributed by atoms with Crippen molar-refractivity contribution in [2.75, 3.05) is 23.3 Å². The highest BCUT2D eigenvalue weighted by Gasteiger charge is 2.23. The van der Waals surface area contributed by atoms with Crippen LogP contribution in [0.2, 0.25) is 0 Å². The summed E-state index contributed by atoms with van der Waals surface area (Å²) < 4.78 is 0. The monoisotopic (exact) mass is 356 g/mol. The molecule has 0 fully saturated rings. The van der Waals surface area contributed by atoms with Crippen LogP contribution in [0.25, 0.3) is 0 Å². The van der Waals surface area contributed by atoms with Gasteiger partial charge in [-0.1, -0.05) is 36.0 Å². The van der Waals surface area contributed by atoms with Gasteiger partial charge in [-0.05, 0) is 51.1 Å². The van der Waals surface area contributed by atoms with Gasteiger partial charge in [0.15, 0.2) is 0 Å². The van der Waals surface area contributed by atoms with Crippen LogP contribution in [0.3, 0.4) is 0 Å². The third-order valence-electron chi connectivity index (χ3n) is 3.90. The van der Waals surface area contributed by atoms with Gasteiger partial charge in [0.05, 0.1) is 10.7 Å². The van der Waals surface area contributed by atoms with Crippen LogP contribution in [0, 0.1) is 0 Å². The number of para-hydroxylation sites is 2. The van der Waals surface area contributed by atoms with E-state index in [1.807, 2.05) is 23.5 Å². The Balaban J connectivity index is 1.77. The number of nitrogens with zero attached hydrogens (tertiary/aromatic N) is 1. The third kappa shape index (κ3) is 3.76. The molecule has 2 aromatic carbocycles. The SMILES string of the molecule is CCNc1ccccc1SC(C)C=C1Sc2ccccc2N1CC. The number of thioether (sulfide) groups is 2. The zero-order chi connectivity index (χ0) is 16.9. The number of benzene rings is 2. The number of rotatable bonds is 6. The quantitative estimate of drug-likeness (QED) is 0.631. The van der Waals surface area contributed by atoms with Crippen LogP contribution in [0.5, 0.6) is 0 Å².